The lowest BCUT2D eigenvalue weighted by Crippen LogP contribution is -2.30. The van der Waals surface area contributed by atoms with E-state index in [2.05, 4.69) is 13.0 Å². The van der Waals surface area contributed by atoms with E-state index < -0.39 is 5.97 Å². The summed E-state index contributed by atoms with van der Waals surface area (Å²) in [4.78, 5) is 23.6. The van der Waals surface area contributed by atoms with E-state index in [0.717, 1.165) is 50.5 Å². The van der Waals surface area contributed by atoms with Crippen molar-refractivity contribution in [2.75, 3.05) is 6.61 Å². The number of unbranched alkanes of at least 4 members (excludes halogenated alkanes) is 6. The van der Waals surface area contributed by atoms with Crippen molar-refractivity contribution in [1.82, 2.24) is 0 Å². The quantitative estimate of drug-likeness (QED) is 0.196. The van der Waals surface area contributed by atoms with Crippen LogP contribution in [-0.4, -0.2) is 41.0 Å². The lowest BCUT2D eigenvalue weighted by molar-refractivity contribution is -0.155. The number of esters is 1. The van der Waals surface area contributed by atoms with Crippen molar-refractivity contribution in [3.05, 3.63) is 29.3 Å². The highest BCUT2D eigenvalue weighted by Crippen LogP contribution is 2.49. The lowest BCUT2D eigenvalue weighted by Gasteiger charge is -2.32. The average Bonchev–Trinajstić information content (AvgIpc) is 3.19. The van der Waals surface area contributed by atoms with Gasteiger partial charge in [0.2, 0.25) is 0 Å². The van der Waals surface area contributed by atoms with Gasteiger partial charge in [0.15, 0.2) is 6.61 Å². The van der Waals surface area contributed by atoms with Crippen molar-refractivity contribution >= 4 is 11.9 Å². The van der Waals surface area contributed by atoms with Crippen molar-refractivity contribution in [2.24, 2.45) is 23.7 Å². The third-order valence-corrected chi connectivity index (χ3v) is 8.38. The topological polar surface area (TPSA) is 93.1 Å². The summed E-state index contributed by atoms with van der Waals surface area (Å²) in [6.07, 6.45) is 13.2. The van der Waals surface area contributed by atoms with Crippen LogP contribution in [-0.2, 0) is 27.2 Å². The molecular weight excluding hydrogens is 468 g/mol. The van der Waals surface area contributed by atoms with E-state index in [1.54, 1.807) is 0 Å². The van der Waals surface area contributed by atoms with Gasteiger partial charge in [-0.2, -0.15) is 0 Å². The molecule has 0 saturated heterocycles. The Morgan fingerprint density at radius 2 is 1.76 bits per heavy atom. The maximum atomic E-state index is 12.5. The Bertz CT molecular complexity index is 865. The van der Waals surface area contributed by atoms with Crippen LogP contribution in [0.1, 0.15) is 103 Å². The highest BCUT2D eigenvalue weighted by molar-refractivity contribution is 5.71. The fourth-order valence-electron chi connectivity index (χ4n) is 6.34. The van der Waals surface area contributed by atoms with Gasteiger partial charge in [0, 0.05) is 0 Å². The fourth-order valence-corrected chi connectivity index (χ4v) is 6.34. The van der Waals surface area contributed by atoms with E-state index >= 15 is 0 Å². The Hall–Kier alpha value is -2.08. The third-order valence-electron chi connectivity index (χ3n) is 8.38. The molecule has 1 fully saturated rings. The first-order valence-electron chi connectivity index (χ1n) is 14.6. The number of carbonyl (C=O) groups is 2. The second-order valence-corrected chi connectivity index (χ2v) is 11.6. The van der Waals surface area contributed by atoms with E-state index in [-0.39, 0.29) is 36.6 Å². The number of hydrogen-bond acceptors (Lipinski definition) is 5. The van der Waals surface area contributed by atoms with Gasteiger partial charge in [0.1, 0.15) is 11.9 Å². The van der Waals surface area contributed by atoms with E-state index in [9.17, 15) is 14.7 Å². The maximum Gasteiger partial charge on any atom is 0.341 e. The maximum absolute atomic E-state index is 12.5. The number of rotatable bonds is 16. The Morgan fingerprint density at radius 3 is 2.46 bits per heavy atom. The van der Waals surface area contributed by atoms with Crippen molar-refractivity contribution < 1.29 is 29.3 Å². The number of carboxylic acids is 1. The molecule has 208 valence electrons. The highest BCUT2D eigenvalue weighted by atomic mass is 16.5. The van der Waals surface area contributed by atoms with Gasteiger partial charge in [0.05, 0.1) is 12.0 Å². The van der Waals surface area contributed by atoms with Crippen LogP contribution in [0, 0.1) is 23.7 Å². The van der Waals surface area contributed by atoms with Crippen molar-refractivity contribution in [3.8, 4) is 5.75 Å². The van der Waals surface area contributed by atoms with Gasteiger partial charge >= 0.3 is 11.9 Å². The van der Waals surface area contributed by atoms with E-state index in [4.69, 9.17) is 14.6 Å². The number of benzene rings is 1. The van der Waals surface area contributed by atoms with Gasteiger partial charge in [-0.1, -0.05) is 77.8 Å². The van der Waals surface area contributed by atoms with Crippen LogP contribution in [0.5, 0.6) is 5.75 Å². The second-order valence-electron chi connectivity index (χ2n) is 11.6. The molecule has 0 aliphatic heterocycles. The van der Waals surface area contributed by atoms with Gasteiger partial charge in [0.25, 0.3) is 0 Å². The van der Waals surface area contributed by atoms with Gasteiger partial charge in [-0.3, -0.25) is 4.79 Å². The summed E-state index contributed by atoms with van der Waals surface area (Å²) in [5.41, 5.74) is 2.30. The molecule has 2 aliphatic rings. The molecule has 37 heavy (non-hydrogen) atoms. The summed E-state index contributed by atoms with van der Waals surface area (Å²) in [7, 11) is 0. The first-order chi connectivity index (χ1) is 17.8. The number of ether oxygens (including phenoxy) is 2. The number of aliphatic hydroxyl groups is 1. The van der Waals surface area contributed by atoms with Crippen LogP contribution in [0.3, 0.4) is 0 Å². The molecule has 2 N–H and O–H groups in total. The molecule has 0 aromatic heterocycles. The van der Waals surface area contributed by atoms with E-state index in [0.29, 0.717) is 17.6 Å². The molecular formula is C31H48O6. The molecule has 1 aromatic carbocycles. The minimum absolute atomic E-state index is 0.131. The Kier molecular flexibility index (Phi) is 11.8. The lowest BCUT2D eigenvalue weighted by atomic mass is 9.73. The molecule has 0 spiro atoms. The predicted molar refractivity (Wildman–Crippen MR) is 145 cm³/mol. The van der Waals surface area contributed by atoms with E-state index in [1.165, 1.54) is 44.1 Å². The average molecular weight is 517 g/mol. The molecule has 0 bridgehead atoms. The molecule has 0 radical (unpaired) electrons. The van der Waals surface area contributed by atoms with Crippen molar-refractivity contribution in [2.45, 2.75) is 116 Å². The minimum Gasteiger partial charge on any atom is -0.482 e. The second kappa shape index (κ2) is 14.8. The van der Waals surface area contributed by atoms with Crippen LogP contribution >= 0.6 is 0 Å². The van der Waals surface area contributed by atoms with Gasteiger partial charge in [-0.15, -0.1) is 0 Å². The SMILES string of the molecule is CCCCCCCCC[C@H](O)CC[C@@H]1[C@H]2Cc3cccc(OCC(=O)O)c3C[C@H]2C[C@H]1OC(=O)C(C)C. The first kappa shape index (κ1) is 29.5. The van der Waals surface area contributed by atoms with E-state index in [1.807, 2.05) is 26.0 Å². The zero-order chi connectivity index (χ0) is 26.8. The number of carbonyl (C=O) groups excluding carboxylic acids is 1. The van der Waals surface area contributed by atoms with Crippen molar-refractivity contribution in [3.63, 3.8) is 0 Å². The molecule has 3 rings (SSSR count). The molecule has 1 aromatic rings. The van der Waals surface area contributed by atoms with Crippen molar-refractivity contribution in [1.29, 1.82) is 0 Å². The van der Waals surface area contributed by atoms with Crippen LogP contribution in [0.2, 0.25) is 0 Å². The summed E-state index contributed by atoms with van der Waals surface area (Å²) in [6.45, 7) is 5.62. The summed E-state index contributed by atoms with van der Waals surface area (Å²) in [5.74, 6) is 0.327. The Labute approximate surface area is 223 Å². The smallest absolute Gasteiger partial charge is 0.341 e. The van der Waals surface area contributed by atoms with Gasteiger partial charge in [-0.05, 0) is 73.5 Å². The monoisotopic (exact) mass is 516 g/mol. The molecule has 0 amide bonds. The number of fused-ring (bicyclic) bond motifs is 2. The van der Waals surface area contributed by atoms with Gasteiger partial charge < -0.3 is 19.7 Å². The molecule has 0 unspecified atom stereocenters. The van der Waals surface area contributed by atoms with Crippen LogP contribution in [0.25, 0.3) is 0 Å². The molecule has 0 heterocycles. The Morgan fingerprint density at radius 1 is 1.03 bits per heavy atom. The Balaban J connectivity index is 1.61. The minimum atomic E-state index is -0.983. The highest BCUT2D eigenvalue weighted by Gasteiger charge is 2.47. The third kappa shape index (κ3) is 8.73. The molecule has 6 heteroatoms. The summed E-state index contributed by atoms with van der Waals surface area (Å²) >= 11 is 0. The zero-order valence-corrected chi connectivity index (χ0v) is 23.1. The largest absolute Gasteiger partial charge is 0.482 e. The summed E-state index contributed by atoms with van der Waals surface area (Å²) in [5, 5.41) is 19.8. The molecule has 1 saturated carbocycles. The number of aliphatic carboxylic acids is 1. The molecule has 2 aliphatic carbocycles. The van der Waals surface area contributed by atoms with Crippen LogP contribution in [0.15, 0.2) is 18.2 Å². The van der Waals surface area contributed by atoms with Gasteiger partial charge in [-0.25, -0.2) is 4.79 Å². The molecule has 5 atom stereocenters. The standard InChI is InChI=1S/C31H48O6/c1-4-5-6-7-8-9-10-13-24(32)15-16-25-26-17-22-12-11-14-28(36-20-30(33)34)27(22)18-23(26)19-29(25)37-31(35)21(2)3/h11-12,14,21,23-26,29,32H,4-10,13,15-20H2,1-3H3,(H,33,34)/t23-,24-,25+,26-,29+/m0/s1. The first-order valence-corrected chi connectivity index (χ1v) is 14.6. The van der Waals surface area contributed by atoms with Crippen LogP contribution in [0.4, 0.5) is 0 Å². The molecule has 6 nitrogen and oxygen atoms in total. The number of carboxylic acid groups (broad SMARTS) is 1. The number of hydrogen-bond donors (Lipinski definition) is 2. The predicted octanol–water partition coefficient (Wildman–Crippen LogP) is 6.35. The summed E-state index contributed by atoms with van der Waals surface area (Å²) in [6, 6.07) is 5.90. The fraction of sp³-hybridized carbons (Fsp3) is 0.742. The summed E-state index contributed by atoms with van der Waals surface area (Å²) < 4.78 is 11.6. The number of aliphatic hydroxyl groups excluding tert-OH is 1. The zero-order valence-electron chi connectivity index (χ0n) is 23.1. The normalized spacial score (nSPS) is 23.4. The van der Waals surface area contributed by atoms with Crippen LogP contribution < -0.4 is 4.74 Å².